The summed E-state index contributed by atoms with van der Waals surface area (Å²) in [5.74, 6) is 1.44. The first-order valence-corrected chi connectivity index (χ1v) is 4.94. The number of allylic oxidation sites excluding steroid dienone is 1. The van der Waals surface area contributed by atoms with Gasteiger partial charge in [0.1, 0.15) is 0 Å². The van der Waals surface area contributed by atoms with E-state index in [1.807, 2.05) is 6.92 Å². The van der Waals surface area contributed by atoms with Crippen molar-refractivity contribution in [2.45, 2.75) is 44.6 Å². The van der Waals surface area contributed by atoms with Gasteiger partial charge in [-0.15, -0.1) is 0 Å². The maximum Gasteiger partial charge on any atom is 0.0625 e. The van der Waals surface area contributed by atoms with E-state index < -0.39 is 0 Å². The summed E-state index contributed by atoms with van der Waals surface area (Å²) in [6, 6.07) is 0. The monoisotopic (exact) mass is 166 g/mol. The van der Waals surface area contributed by atoms with Crippen LogP contribution in [0.15, 0.2) is 12.2 Å². The molecule has 1 N–H and O–H groups in total. The van der Waals surface area contributed by atoms with Crippen LogP contribution < -0.4 is 0 Å². The summed E-state index contributed by atoms with van der Waals surface area (Å²) in [5.41, 5.74) is 1.03. The van der Waals surface area contributed by atoms with Gasteiger partial charge in [-0.25, -0.2) is 0 Å². The van der Waals surface area contributed by atoms with Crippen LogP contribution in [0, 0.1) is 11.8 Å². The number of aliphatic hydroxyl groups is 1. The van der Waals surface area contributed by atoms with E-state index in [0.29, 0.717) is 0 Å². The van der Waals surface area contributed by atoms with Gasteiger partial charge in [-0.2, -0.15) is 0 Å². The predicted octanol–water partition coefficient (Wildman–Crippen LogP) is 2.50. The third-order valence-electron chi connectivity index (χ3n) is 3.28. The van der Waals surface area contributed by atoms with Gasteiger partial charge in [-0.3, -0.25) is 0 Å². The van der Waals surface area contributed by atoms with Crippen molar-refractivity contribution >= 4 is 0 Å². The van der Waals surface area contributed by atoms with Gasteiger partial charge < -0.3 is 5.11 Å². The van der Waals surface area contributed by atoms with Gasteiger partial charge in [-0.05, 0) is 50.9 Å². The first-order valence-electron chi connectivity index (χ1n) is 4.94. The Balaban J connectivity index is 2.10. The van der Waals surface area contributed by atoms with E-state index in [2.05, 4.69) is 6.58 Å². The molecule has 0 radical (unpaired) electrons. The number of hydrogen-bond acceptors (Lipinski definition) is 1. The Morgan fingerprint density at radius 3 is 2.33 bits per heavy atom. The summed E-state index contributed by atoms with van der Waals surface area (Å²) in [6.07, 6.45) is 5.62. The third-order valence-corrected chi connectivity index (χ3v) is 3.28. The van der Waals surface area contributed by atoms with Crippen LogP contribution in [-0.2, 0) is 0 Å². The van der Waals surface area contributed by atoms with Crippen LogP contribution in [-0.4, -0.2) is 10.7 Å². The maximum atomic E-state index is 9.94. The van der Waals surface area contributed by atoms with E-state index in [1.54, 1.807) is 0 Å². The summed E-state index contributed by atoms with van der Waals surface area (Å²) >= 11 is 0. The highest BCUT2D eigenvalue weighted by Crippen LogP contribution is 2.45. The molecule has 0 aliphatic heterocycles. The van der Waals surface area contributed by atoms with E-state index in [4.69, 9.17) is 0 Å². The van der Waals surface area contributed by atoms with Crippen LogP contribution >= 0.6 is 0 Å². The van der Waals surface area contributed by atoms with Crippen LogP contribution in [0.3, 0.4) is 0 Å². The first-order chi connectivity index (χ1) is 5.55. The van der Waals surface area contributed by atoms with Crippen LogP contribution in [0.2, 0.25) is 0 Å². The Morgan fingerprint density at radius 2 is 1.83 bits per heavy atom. The number of fused-ring (bicyclic) bond motifs is 2. The van der Waals surface area contributed by atoms with Gasteiger partial charge in [0.2, 0.25) is 0 Å². The zero-order chi connectivity index (χ0) is 8.77. The minimum atomic E-state index is -0.381. The van der Waals surface area contributed by atoms with Crippen molar-refractivity contribution in [1.29, 1.82) is 0 Å². The number of hydrogen-bond donors (Lipinski definition) is 1. The van der Waals surface area contributed by atoms with Crippen LogP contribution in [0.4, 0.5) is 0 Å². The molecule has 1 nitrogen and oxygen atoms in total. The third kappa shape index (κ3) is 1.56. The highest BCUT2D eigenvalue weighted by atomic mass is 16.3. The molecule has 2 aliphatic rings. The quantitative estimate of drug-likeness (QED) is 0.548. The minimum Gasteiger partial charge on any atom is -0.390 e. The second kappa shape index (κ2) is 2.59. The molecule has 2 fully saturated rings. The zero-order valence-corrected chi connectivity index (χ0v) is 7.84. The Kier molecular flexibility index (Phi) is 1.80. The SMILES string of the molecule is C=C1CC2CC(C1)CC(C)(O)C2. The molecule has 2 aliphatic carbocycles. The smallest absolute Gasteiger partial charge is 0.0625 e. The molecule has 12 heavy (non-hydrogen) atoms. The van der Waals surface area contributed by atoms with Crippen molar-refractivity contribution in [2.75, 3.05) is 0 Å². The highest BCUT2D eigenvalue weighted by molar-refractivity contribution is 5.06. The summed E-state index contributed by atoms with van der Waals surface area (Å²) in [6.45, 7) is 6.05. The second-order valence-electron chi connectivity index (χ2n) is 5.03. The normalized spacial score (nSPS) is 47.7. The zero-order valence-electron chi connectivity index (χ0n) is 7.84. The maximum absolute atomic E-state index is 9.94. The lowest BCUT2D eigenvalue weighted by Crippen LogP contribution is -2.38. The fraction of sp³-hybridized carbons (Fsp3) is 0.818. The lowest BCUT2D eigenvalue weighted by Gasteiger charge is -2.43. The Morgan fingerprint density at radius 1 is 1.33 bits per heavy atom. The van der Waals surface area contributed by atoms with E-state index in [0.717, 1.165) is 37.5 Å². The van der Waals surface area contributed by atoms with Crippen LogP contribution in [0.5, 0.6) is 0 Å². The van der Waals surface area contributed by atoms with E-state index in [1.165, 1.54) is 12.0 Å². The molecule has 0 amide bonds. The summed E-state index contributed by atoms with van der Waals surface area (Å²) in [5, 5.41) is 9.94. The van der Waals surface area contributed by atoms with Gasteiger partial charge in [0.05, 0.1) is 5.60 Å². The molecule has 2 atom stereocenters. The largest absolute Gasteiger partial charge is 0.390 e. The van der Waals surface area contributed by atoms with Crippen LogP contribution in [0.25, 0.3) is 0 Å². The highest BCUT2D eigenvalue weighted by Gasteiger charge is 2.38. The molecule has 0 heterocycles. The molecule has 0 aromatic rings. The molecule has 2 rings (SSSR count). The molecule has 0 spiro atoms. The molecular formula is C11H18O. The molecule has 68 valence electrons. The topological polar surface area (TPSA) is 20.2 Å². The average Bonchev–Trinajstić information content (AvgIpc) is 1.78. The molecular weight excluding hydrogens is 148 g/mol. The summed E-state index contributed by atoms with van der Waals surface area (Å²) in [4.78, 5) is 0. The van der Waals surface area contributed by atoms with Crippen molar-refractivity contribution in [3.8, 4) is 0 Å². The minimum absolute atomic E-state index is 0.381. The van der Waals surface area contributed by atoms with E-state index in [9.17, 15) is 5.11 Å². The Labute approximate surface area is 74.5 Å². The van der Waals surface area contributed by atoms with Gasteiger partial charge in [0, 0.05) is 0 Å². The fourth-order valence-corrected chi connectivity index (χ4v) is 3.18. The first kappa shape index (κ1) is 8.31. The van der Waals surface area contributed by atoms with Crippen molar-refractivity contribution in [3.63, 3.8) is 0 Å². The summed E-state index contributed by atoms with van der Waals surface area (Å²) in [7, 11) is 0. The molecule has 2 saturated carbocycles. The molecule has 1 heteroatoms. The van der Waals surface area contributed by atoms with Crippen molar-refractivity contribution in [3.05, 3.63) is 12.2 Å². The fourth-order valence-electron chi connectivity index (χ4n) is 3.18. The van der Waals surface area contributed by atoms with E-state index >= 15 is 0 Å². The van der Waals surface area contributed by atoms with Crippen LogP contribution in [0.1, 0.15) is 39.0 Å². The van der Waals surface area contributed by atoms with Gasteiger partial charge in [0.15, 0.2) is 0 Å². The Hall–Kier alpha value is -0.300. The lowest BCUT2D eigenvalue weighted by atomic mass is 9.65. The molecule has 2 unspecified atom stereocenters. The molecule has 0 aromatic carbocycles. The van der Waals surface area contributed by atoms with Crippen molar-refractivity contribution < 1.29 is 5.11 Å². The predicted molar refractivity (Wildman–Crippen MR) is 49.8 cm³/mol. The Bertz CT molecular complexity index is 187. The second-order valence-corrected chi connectivity index (χ2v) is 5.03. The lowest BCUT2D eigenvalue weighted by molar-refractivity contribution is -0.0290. The van der Waals surface area contributed by atoms with Gasteiger partial charge >= 0.3 is 0 Å². The van der Waals surface area contributed by atoms with Gasteiger partial charge in [-0.1, -0.05) is 12.2 Å². The van der Waals surface area contributed by atoms with Gasteiger partial charge in [0.25, 0.3) is 0 Å². The van der Waals surface area contributed by atoms with E-state index in [-0.39, 0.29) is 5.60 Å². The van der Waals surface area contributed by atoms with Crippen molar-refractivity contribution in [1.82, 2.24) is 0 Å². The average molecular weight is 166 g/mol. The standard InChI is InChI=1S/C11H18O/c1-8-3-9-5-10(4-8)7-11(2,12)6-9/h9-10,12H,1,3-7H2,2H3. The number of rotatable bonds is 0. The van der Waals surface area contributed by atoms with Crippen molar-refractivity contribution in [2.24, 2.45) is 11.8 Å². The molecule has 0 saturated heterocycles. The summed E-state index contributed by atoms with van der Waals surface area (Å²) < 4.78 is 0. The molecule has 2 bridgehead atoms. The molecule has 0 aromatic heterocycles.